The standard InChI is InChI=1S/C14H22N2O3/c1-3-6-15-7-8-16(11(2)10-15)13(14(17)18)12-5-4-9-19-12/h4-5,9,11,13H,3,6-8,10H2,1-2H3,(H,17,18). The van der Waals surface area contributed by atoms with Gasteiger partial charge >= 0.3 is 5.97 Å². The van der Waals surface area contributed by atoms with Crippen LogP contribution in [-0.4, -0.2) is 53.1 Å². The van der Waals surface area contributed by atoms with E-state index in [2.05, 4.69) is 18.7 Å². The summed E-state index contributed by atoms with van der Waals surface area (Å²) in [5.41, 5.74) is 0. The van der Waals surface area contributed by atoms with E-state index in [9.17, 15) is 9.90 Å². The van der Waals surface area contributed by atoms with Gasteiger partial charge in [-0.15, -0.1) is 0 Å². The maximum absolute atomic E-state index is 11.5. The second-order valence-electron chi connectivity index (χ2n) is 5.14. The summed E-state index contributed by atoms with van der Waals surface area (Å²) >= 11 is 0. The third-order valence-electron chi connectivity index (χ3n) is 3.68. The lowest BCUT2D eigenvalue weighted by Crippen LogP contribution is -2.54. The Balaban J connectivity index is 2.09. The van der Waals surface area contributed by atoms with Crippen LogP contribution in [0.5, 0.6) is 0 Å². The first-order chi connectivity index (χ1) is 9.13. The van der Waals surface area contributed by atoms with Crippen LogP contribution in [0.25, 0.3) is 0 Å². The van der Waals surface area contributed by atoms with Crippen molar-refractivity contribution in [3.8, 4) is 0 Å². The zero-order valence-electron chi connectivity index (χ0n) is 11.6. The van der Waals surface area contributed by atoms with Crippen molar-refractivity contribution in [1.82, 2.24) is 9.80 Å². The van der Waals surface area contributed by atoms with Crippen molar-refractivity contribution in [1.29, 1.82) is 0 Å². The molecule has 106 valence electrons. The highest BCUT2D eigenvalue weighted by molar-refractivity contribution is 5.74. The fourth-order valence-corrected chi connectivity index (χ4v) is 2.82. The number of aliphatic carboxylic acids is 1. The van der Waals surface area contributed by atoms with E-state index in [0.717, 1.165) is 32.6 Å². The molecule has 1 aromatic heterocycles. The average Bonchev–Trinajstić information content (AvgIpc) is 2.86. The molecule has 0 bridgehead atoms. The molecule has 19 heavy (non-hydrogen) atoms. The monoisotopic (exact) mass is 266 g/mol. The Kier molecular flexibility index (Phi) is 4.61. The summed E-state index contributed by atoms with van der Waals surface area (Å²) in [5, 5.41) is 9.47. The Morgan fingerprint density at radius 2 is 2.37 bits per heavy atom. The molecule has 2 rings (SSSR count). The molecule has 0 spiro atoms. The van der Waals surface area contributed by atoms with Crippen LogP contribution >= 0.6 is 0 Å². The van der Waals surface area contributed by atoms with Crippen molar-refractivity contribution in [2.24, 2.45) is 0 Å². The quantitative estimate of drug-likeness (QED) is 0.881. The lowest BCUT2D eigenvalue weighted by Gasteiger charge is -2.41. The van der Waals surface area contributed by atoms with Crippen LogP contribution in [0.15, 0.2) is 22.8 Å². The Hall–Kier alpha value is -1.33. The third-order valence-corrected chi connectivity index (χ3v) is 3.68. The molecule has 1 aliphatic heterocycles. The lowest BCUT2D eigenvalue weighted by atomic mass is 10.1. The number of carboxylic acid groups (broad SMARTS) is 1. The van der Waals surface area contributed by atoms with Crippen molar-refractivity contribution in [3.05, 3.63) is 24.2 Å². The number of rotatable bonds is 5. The molecule has 1 fully saturated rings. The Bertz CT molecular complexity index is 405. The first-order valence-electron chi connectivity index (χ1n) is 6.87. The maximum atomic E-state index is 11.5. The van der Waals surface area contributed by atoms with E-state index in [-0.39, 0.29) is 6.04 Å². The van der Waals surface area contributed by atoms with Crippen molar-refractivity contribution >= 4 is 5.97 Å². The summed E-state index contributed by atoms with van der Waals surface area (Å²) in [6.07, 6.45) is 2.66. The van der Waals surface area contributed by atoms with Crippen LogP contribution in [0, 0.1) is 0 Å². The van der Waals surface area contributed by atoms with Gasteiger partial charge in [0.05, 0.1) is 6.26 Å². The summed E-state index contributed by atoms with van der Waals surface area (Å²) in [7, 11) is 0. The van der Waals surface area contributed by atoms with Crippen molar-refractivity contribution in [2.45, 2.75) is 32.4 Å². The molecule has 0 aromatic carbocycles. The minimum atomic E-state index is -0.842. The number of hydrogen-bond acceptors (Lipinski definition) is 4. The molecule has 2 atom stereocenters. The second-order valence-corrected chi connectivity index (χ2v) is 5.14. The van der Waals surface area contributed by atoms with Gasteiger partial charge < -0.3 is 14.4 Å². The van der Waals surface area contributed by atoms with Gasteiger partial charge in [-0.25, -0.2) is 0 Å². The van der Waals surface area contributed by atoms with E-state index in [1.807, 2.05) is 4.90 Å². The summed E-state index contributed by atoms with van der Waals surface area (Å²) in [6, 6.07) is 3.02. The molecule has 2 heterocycles. The van der Waals surface area contributed by atoms with E-state index in [0.29, 0.717) is 5.76 Å². The van der Waals surface area contributed by atoms with Gasteiger partial charge in [0, 0.05) is 25.7 Å². The molecule has 1 aromatic rings. The highest BCUT2D eigenvalue weighted by atomic mass is 16.4. The van der Waals surface area contributed by atoms with Gasteiger partial charge in [-0.05, 0) is 32.0 Å². The lowest BCUT2D eigenvalue weighted by molar-refractivity contribution is -0.146. The van der Waals surface area contributed by atoms with Gasteiger partial charge in [-0.1, -0.05) is 6.92 Å². The van der Waals surface area contributed by atoms with Gasteiger partial charge in [-0.2, -0.15) is 0 Å². The van der Waals surface area contributed by atoms with Crippen LogP contribution in [0.1, 0.15) is 32.1 Å². The van der Waals surface area contributed by atoms with E-state index in [1.54, 1.807) is 12.1 Å². The molecule has 5 heteroatoms. The van der Waals surface area contributed by atoms with Crippen LogP contribution in [0.3, 0.4) is 0 Å². The van der Waals surface area contributed by atoms with E-state index < -0.39 is 12.0 Å². The predicted octanol–water partition coefficient (Wildman–Crippen LogP) is 1.82. The molecule has 0 amide bonds. The number of hydrogen-bond donors (Lipinski definition) is 1. The molecule has 1 saturated heterocycles. The van der Waals surface area contributed by atoms with Crippen molar-refractivity contribution in [2.75, 3.05) is 26.2 Å². The predicted molar refractivity (Wildman–Crippen MR) is 72.0 cm³/mol. The smallest absolute Gasteiger partial charge is 0.328 e. The fraction of sp³-hybridized carbons (Fsp3) is 0.643. The number of carboxylic acids is 1. The summed E-state index contributed by atoms with van der Waals surface area (Å²) in [6.45, 7) is 7.93. The summed E-state index contributed by atoms with van der Waals surface area (Å²) in [4.78, 5) is 15.9. The largest absolute Gasteiger partial charge is 0.480 e. The second kappa shape index (κ2) is 6.21. The Morgan fingerprint density at radius 1 is 1.58 bits per heavy atom. The van der Waals surface area contributed by atoms with Gasteiger partial charge in [0.15, 0.2) is 6.04 Å². The normalized spacial score (nSPS) is 23.4. The molecular formula is C14H22N2O3. The Labute approximate surface area is 113 Å². The molecule has 1 aliphatic rings. The SMILES string of the molecule is CCCN1CCN(C(C(=O)O)c2ccco2)C(C)C1. The summed E-state index contributed by atoms with van der Waals surface area (Å²) in [5.74, 6) is -0.325. The maximum Gasteiger partial charge on any atom is 0.328 e. The van der Waals surface area contributed by atoms with Crippen LogP contribution in [-0.2, 0) is 4.79 Å². The molecule has 2 unspecified atom stereocenters. The van der Waals surface area contributed by atoms with Gasteiger partial charge in [0.2, 0.25) is 0 Å². The minimum Gasteiger partial charge on any atom is -0.480 e. The minimum absolute atomic E-state index is 0.214. The molecular weight excluding hydrogens is 244 g/mol. The van der Waals surface area contributed by atoms with Crippen LogP contribution in [0.2, 0.25) is 0 Å². The van der Waals surface area contributed by atoms with Crippen molar-refractivity contribution in [3.63, 3.8) is 0 Å². The first-order valence-corrected chi connectivity index (χ1v) is 6.87. The fourth-order valence-electron chi connectivity index (χ4n) is 2.82. The van der Waals surface area contributed by atoms with Gasteiger partial charge in [0.25, 0.3) is 0 Å². The van der Waals surface area contributed by atoms with E-state index in [4.69, 9.17) is 4.42 Å². The van der Waals surface area contributed by atoms with Crippen LogP contribution < -0.4 is 0 Å². The summed E-state index contributed by atoms with van der Waals surface area (Å²) < 4.78 is 5.30. The third kappa shape index (κ3) is 3.16. The molecule has 0 aliphatic carbocycles. The number of nitrogens with zero attached hydrogens (tertiary/aromatic N) is 2. The molecule has 5 nitrogen and oxygen atoms in total. The van der Waals surface area contributed by atoms with E-state index in [1.165, 1.54) is 6.26 Å². The van der Waals surface area contributed by atoms with Gasteiger partial charge in [0.1, 0.15) is 5.76 Å². The van der Waals surface area contributed by atoms with E-state index >= 15 is 0 Å². The zero-order valence-corrected chi connectivity index (χ0v) is 11.6. The highest BCUT2D eigenvalue weighted by Crippen LogP contribution is 2.26. The van der Waals surface area contributed by atoms with Crippen molar-refractivity contribution < 1.29 is 14.3 Å². The highest BCUT2D eigenvalue weighted by Gasteiger charge is 2.35. The molecule has 1 N–H and O–H groups in total. The number of furan rings is 1. The zero-order chi connectivity index (χ0) is 13.8. The molecule has 0 saturated carbocycles. The number of carbonyl (C=O) groups is 1. The number of piperazine rings is 1. The molecule has 0 radical (unpaired) electrons. The average molecular weight is 266 g/mol. The van der Waals surface area contributed by atoms with Gasteiger partial charge in [-0.3, -0.25) is 9.69 Å². The van der Waals surface area contributed by atoms with Crippen LogP contribution in [0.4, 0.5) is 0 Å². The topological polar surface area (TPSA) is 56.9 Å². The first kappa shape index (κ1) is 14.1. The Morgan fingerprint density at radius 3 is 2.89 bits per heavy atom.